The summed E-state index contributed by atoms with van der Waals surface area (Å²) >= 11 is 0. The molecule has 0 aromatic heterocycles. The monoisotopic (exact) mass is 143 g/mol. The Hall–Kier alpha value is -0.0800. The van der Waals surface area contributed by atoms with Gasteiger partial charge in [0.15, 0.2) is 0 Å². The molecule has 0 saturated carbocycles. The molecule has 0 aromatic rings. The summed E-state index contributed by atoms with van der Waals surface area (Å²) in [7, 11) is 2.16. The number of hydrogen-bond acceptors (Lipinski definition) is 2. The minimum absolute atomic E-state index is 0.396. The molecule has 2 heteroatoms. The molecule has 1 rings (SSSR count). The first-order valence-electron chi connectivity index (χ1n) is 4.03. The van der Waals surface area contributed by atoms with Gasteiger partial charge in [-0.2, -0.15) is 0 Å². The standard InChI is InChI=1S/C8H17NO/c1-7-8(2)10-6-4-5-9(7)3/h7-8H,4-6H2,1-3H3. The highest BCUT2D eigenvalue weighted by molar-refractivity contribution is 4.72. The smallest absolute Gasteiger partial charge is 0.0699 e. The zero-order valence-corrected chi connectivity index (χ0v) is 7.13. The second-order valence-electron chi connectivity index (χ2n) is 3.15. The molecule has 1 saturated heterocycles. The van der Waals surface area contributed by atoms with Crippen LogP contribution in [0.5, 0.6) is 0 Å². The molecule has 0 radical (unpaired) electrons. The third kappa shape index (κ3) is 1.70. The van der Waals surface area contributed by atoms with Gasteiger partial charge in [-0.3, -0.25) is 0 Å². The summed E-state index contributed by atoms with van der Waals surface area (Å²) in [5.41, 5.74) is 0. The van der Waals surface area contributed by atoms with Gasteiger partial charge in [-0.05, 0) is 27.3 Å². The van der Waals surface area contributed by atoms with Crippen LogP contribution in [-0.2, 0) is 4.74 Å². The summed E-state index contributed by atoms with van der Waals surface area (Å²) in [6.45, 7) is 6.46. The van der Waals surface area contributed by atoms with E-state index in [4.69, 9.17) is 4.74 Å². The Bertz CT molecular complexity index is 93.4. The van der Waals surface area contributed by atoms with Gasteiger partial charge in [0.25, 0.3) is 0 Å². The lowest BCUT2D eigenvalue weighted by atomic mass is 10.2. The summed E-state index contributed by atoms with van der Waals surface area (Å²) < 4.78 is 5.54. The van der Waals surface area contributed by atoms with Gasteiger partial charge in [-0.15, -0.1) is 0 Å². The van der Waals surface area contributed by atoms with Gasteiger partial charge in [-0.25, -0.2) is 0 Å². The van der Waals surface area contributed by atoms with E-state index in [0.717, 1.165) is 6.61 Å². The summed E-state index contributed by atoms with van der Waals surface area (Å²) in [6.07, 6.45) is 1.57. The minimum Gasteiger partial charge on any atom is -0.377 e. The normalized spacial score (nSPS) is 37.5. The molecule has 1 aliphatic heterocycles. The average Bonchev–Trinajstić information content (AvgIpc) is 2.04. The van der Waals surface area contributed by atoms with Crippen molar-refractivity contribution in [1.29, 1.82) is 0 Å². The van der Waals surface area contributed by atoms with E-state index in [2.05, 4.69) is 25.8 Å². The SMILES string of the molecule is CC1OCCCN(C)C1C. The maximum atomic E-state index is 5.54. The fraction of sp³-hybridized carbons (Fsp3) is 1.00. The first-order valence-corrected chi connectivity index (χ1v) is 4.03. The van der Waals surface area contributed by atoms with Crippen molar-refractivity contribution < 1.29 is 4.74 Å². The van der Waals surface area contributed by atoms with Crippen LogP contribution in [0.4, 0.5) is 0 Å². The molecule has 0 aromatic carbocycles. The van der Waals surface area contributed by atoms with Gasteiger partial charge in [-0.1, -0.05) is 0 Å². The topological polar surface area (TPSA) is 12.5 Å². The molecule has 0 spiro atoms. The van der Waals surface area contributed by atoms with Crippen LogP contribution in [0, 0.1) is 0 Å². The van der Waals surface area contributed by atoms with Crippen LogP contribution >= 0.6 is 0 Å². The lowest BCUT2D eigenvalue weighted by Crippen LogP contribution is -2.36. The Balaban J connectivity index is 2.46. The lowest BCUT2D eigenvalue weighted by Gasteiger charge is -2.25. The Kier molecular flexibility index (Phi) is 2.69. The average molecular weight is 143 g/mol. The van der Waals surface area contributed by atoms with Gasteiger partial charge in [0.2, 0.25) is 0 Å². The fourth-order valence-corrected chi connectivity index (χ4v) is 1.28. The Morgan fingerprint density at radius 2 is 2.10 bits per heavy atom. The van der Waals surface area contributed by atoms with E-state index < -0.39 is 0 Å². The van der Waals surface area contributed by atoms with Crippen molar-refractivity contribution in [3.8, 4) is 0 Å². The Morgan fingerprint density at radius 1 is 1.40 bits per heavy atom. The zero-order valence-electron chi connectivity index (χ0n) is 7.13. The van der Waals surface area contributed by atoms with Crippen LogP contribution < -0.4 is 0 Å². The summed E-state index contributed by atoms with van der Waals surface area (Å²) in [4.78, 5) is 2.36. The predicted octanol–water partition coefficient (Wildman–Crippen LogP) is 1.12. The third-order valence-electron chi connectivity index (χ3n) is 2.41. The van der Waals surface area contributed by atoms with Crippen LogP contribution in [0.25, 0.3) is 0 Å². The quantitative estimate of drug-likeness (QED) is 0.504. The molecule has 1 aliphatic rings. The molecule has 0 bridgehead atoms. The second-order valence-corrected chi connectivity index (χ2v) is 3.15. The highest BCUT2D eigenvalue weighted by atomic mass is 16.5. The molecule has 1 fully saturated rings. The molecule has 2 atom stereocenters. The van der Waals surface area contributed by atoms with Crippen LogP contribution in [0.3, 0.4) is 0 Å². The Labute approximate surface area is 63.2 Å². The van der Waals surface area contributed by atoms with Crippen molar-refractivity contribution in [2.45, 2.75) is 32.4 Å². The summed E-state index contributed by atoms with van der Waals surface area (Å²) in [5.74, 6) is 0. The molecule has 2 nitrogen and oxygen atoms in total. The summed E-state index contributed by atoms with van der Waals surface area (Å²) in [6, 6.07) is 0.572. The second kappa shape index (κ2) is 3.35. The number of ether oxygens (including phenoxy) is 1. The van der Waals surface area contributed by atoms with E-state index in [0.29, 0.717) is 12.1 Å². The van der Waals surface area contributed by atoms with E-state index in [1.165, 1.54) is 13.0 Å². The van der Waals surface area contributed by atoms with Gasteiger partial charge >= 0.3 is 0 Å². The molecule has 10 heavy (non-hydrogen) atoms. The largest absolute Gasteiger partial charge is 0.377 e. The first kappa shape index (κ1) is 8.02. The van der Waals surface area contributed by atoms with Gasteiger partial charge in [0.1, 0.15) is 0 Å². The third-order valence-corrected chi connectivity index (χ3v) is 2.41. The van der Waals surface area contributed by atoms with Crippen molar-refractivity contribution in [3.63, 3.8) is 0 Å². The molecular weight excluding hydrogens is 126 g/mol. The van der Waals surface area contributed by atoms with E-state index in [1.54, 1.807) is 0 Å². The van der Waals surface area contributed by atoms with Crippen molar-refractivity contribution >= 4 is 0 Å². The molecular formula is C8H17NO. The van der Waals surface area contributed by atoms with Crippen molar-refractivity contribution in [3.05, 3.63) is 0 Å². The first-order chi connectivity index (χ1) is 4.72. The molecule has 1 heterocycles. The van der Waals surface area contributed by atoms with E-state index in [9.17, 15) is 0 Å². The van der Waals surface area contributed by atoms with Crippen molar-refractivity contribution in [2.24, 2.45) is 0 Å². The number of rotatable bonds is 0. The van der Waals surface area contributed by atoms with Crippen LogP contribution in [0.15, 0.2) is 0 Å². The summed E-state index contributed by atoms with van der Waals surface area (Å²) in [5, 5.41) is 0. The Morgan fingerprint density at radius 3 is 2.80 bits per heavy atom. The molecule has 0 aliphatic carbocycles. The van der Waals surface area contributed by atoms with E-state index in [1.807, 2.05) is 0 Å². The van der Waals surface area contributed by atoms with Gasteiger partial charge in [0, 0.05) is 19.2 Å². The maximum absolute atomic E-state index is 5.54. The molecule has 2 unspecified atom stereocenters. The zero-order chi connectivity index (χ0) is 7.56. The highest BCUT2D eigenvalue weighted by Gasteiger charge is 2.19. The maximum Gasteiger partial charge on any atom is 0.0699 e. The molecule has 0 amide bonds. The van der Waals surface area contributed by atoms with E-state index in [-0.39, 0.29) is 0 Å². The highest BCUT2D eigenvalue weighted by Crippen LogP contribution is 2.10. The molecule has 0 N–H and O–H groups in total. The van der Waals surface area contributed by atoms with Gasteiger partial charge < -0.3 is 9.64 Å². The van der Waals surface area contributed by atoms with Crippen LogP contribution in [-0.4, -0.2) is 37.2 Å². The number of hydrogen-bond donors (Lipinski definition) is 0. The predicted molar refractivity (Wildman–Crippen MR) is 42.1 cm³/mol. The minimum atomic E-state index is 0.396. The van der Waals surface area contributed by atoms with E-state index >= 15 is 0 Å². The number of likely N-dealkylation sites (N-methyl/N-ethyl adjacent to an activating group) is 1. The van der Waals surface area contributed by atoms with Crippen molar-refractivity contribution in [2.75, 3.05) is 20.2 Å². The molecule has 60 valence electrons. The van der Waals surface area contributed by atoms with Crippen LogP contribution in [0.2, 0.25) is 0 Å². The van der Waals surface area contributed by atoms with Crippen molar-refractivity contribution in [1.82, 2.24) is 4.90 Å². The van der Waals surface area contributed by atoms with Crippen LogP contribution in [0.1, 0.15) is 20.3 Å². The fourth-order valence-electron chi connectivity index (χ4n) is 1.28. The van der Waals surface area contributed by atoms with Gasteiger partial charge in [0.05, 0.1) is 6.10 Å². The lowest BCUT2D eigenvalue weighted by molar-refractivity contribution is 0.0408. The number of nitrogens with zero attached hydrogens (tertiary/aromatic N) is 1.